The Bertz CT molecular complexity index is 961. The number of nitrogens with one attached hydrogen (secondary N) is 1. The molecule has 0 fully saturated rings. The van der Waals surface area contributed by atoms with E-state index in [9.17, 15) is 13.2 Å². The van der Waals surface area contributed by atoms with E-state index in [1.807, 2.05) is 26.0 Å². The quantitative estimate of drug-likeness (QED) is 0.718. The third-order valence-corrected chi connectivity index (χ3v) is 5.84. The summed E-state index contributed by atoms with van der Waals surface area (Å²) in [4.78, 5) is 12.9. The molecule has 1 N–H and O–H groups in total. The lowest BCUT2D eigenvalue weighted by Crippen LogP contribution is -2.47. The minimum Gasteiger partial charge on any atom is -0.324 e. The number of nitrogens with zero attached hydrogens (tertiary/aromatic N) is 1. The molecule has 0 bridgehead atoms. The number of hydrogen-bond donors (Lipinski definition) is 1. The van der Waals surface area contributed by atoms with E-state index in [0.29, 0.717) is 10.7 Å². The standard InChI is InChI=1S/C19H22Cl2N2O3S/c1-5-17(19(24)22-16-9-6-12(2)10-13(16)3)23(27(4,25)26)18-11-14(20)7-8-15(18)21/h6-11,17H,5H2,1-4H3,(H,22,24)/t17-/m1/s1. The van der Waals surface area contributed by atoms with Crippen LogP contribution in [0.1, 0.15) is 24.5 Å². The molecule has 8 heteroatoms. The molecule has 0 aromatic heterocycles. The van der Waals surface area contributed by atoms with Crippen LogP contribution in [0.5, 0.6) is 0 Å². The van der Waals surface area contributed by atoms with Gasteiger partial charge in [-0.1, -0.05) is 47.8 Å². The first kappa shape index (κ1) is 21.5. The van der Waals surface area contributed by atoms with Crippen molar-refractivity contribution < 1.29 is 13.2 Å². The zero-order chi connectivity index (χ0) is 20.4. The topological polar surface area (TPSA) is 66.5 Å². The monoisotopic (exact) mass is 428 g/mol. The smallest absolute Gasteiger partial charge is 0.248 e. The second-order valence-corrected chi connectivity index (χ2v) is 9.09. The molecule has 146 valence electrons. The summed E-state index contributed by atoms with van der Waals surface area (Å²) in [7, 11) is -3.79. The predicted octanol–water partition coefficient (Wildman–Crippen LogP) is 4.79. The third kappa shape index (κ3) is 5.15. The first-order valence-corrected chi connectivity index (χ1v) is 11.0. The SMILES string of the molecule is CC[C@H](C(=O)Nc1ccc(C)cc1C)N(c1cc(Cl)ccc1Cl)S(C)(=O)=O. The molecule has 0 saturated heterocycles. The molecule has 0 heterocycles. The van der Waals surface area contributed by atoms with Crippen LogP contribution in [-0.2, 0) is 14.8 Å². The van der Waals surface area contributed by atoms with Gasteiger partial charge in [-0.05, 0) is 50.1 Å². The first-order chi connectivity index (χ1) is 12.5. The molecule has 0 spiro atoms. The maximum absolute atomic E-state index is 12.9. The molecule has 0 aliphatic heterocycles. The maximum Gasteiger partial charge on any atom is 0.248 e. The van der Waals surface area contributed by atoms with Gasteiger partial charge >= 0.3 is 0 Å². The highest BCUT2D eigenvalue weighted by molar-refractivity contribution is 7.92. The number of benzene rings is 2. The fourth-order valence-electron chi connectivity index (χ4n) is 2.86. The molecule has 5 nitrogen and oxygen atoms in total. The molecule has 2 rings (SSSR count). The molecule has 0 radical (unpaired) electrons. The summed E-state index contributed by atoms with van der Waals surface area (Å²) in [6.07, 6.45) is 1.30. The van der Waals surface area contributed by atoms with Gasteiger partial charge in [0.1, 0.15) is 6.04 Å². The molecule has 1 amide bonds. The van der Waals surface area contributed by atoms with Crippen LogP contribution in [0.2, 0.25) is 10.0 Å². The maximum atomic E-state index is 12.9. The number of carbonyl (C=O) groups is 1. The van der Waals surface area contributed by atoms with Crippen molar-refractivity contribution in [2.45, 2.75) is 33.2 Å². The zero-order valence-corrected chi connectivity index (χ0v) is 17.9. The van der Waals surface area contributed by atoms with E-state index in [-0.39, 0.29) is 17.1 Å². The Kier molecular flexibility index (Phi) is 6.78. The average Bonchev–Trinajstić information content (AvgIpc) is 2.56. The lowest BCUT2D eigenvalue weighted by atomic mass is 10.1. The van der Waals surface area contributed by atoms with Gasteiger partial charge in [-0.25, -0.2) is 8.42 Å². The average molecular weight is 429 g/mol. The molecule has 1 atom stereocenters. The zero-order valence-electron chi connectivity index (χ0n) is 15.6. The number of amides is 1. The Morgan fingerprint density at radius 2 is 1.81 bits per heavy atom. The van der Waals surface area contributed by atoms with Crippen LogP contribution in [-0.4, -0.2) is 26.6 Å². The van der Waals surface area contributed by atoms with Gasteiger partial charge in [0.15, 0.2) is 0 Å². The molecule has 0 aliphatic carbocycles. The molecule has 0 aliphatic rings. The third-order valence-electron chi connectivity index (χ3n) is 4.12. The van der Waals surface area contributed by atoms with Crippen molar-refractivity contribution in [2.24, 2.45) is 0 Å². The molecular formula is C19H22Cl2N2O3S. The van der Waals surface area contributed by atoms with Crippen molar-refractivity contribution in [3.8, 4) is 0 Å². The number of halogens is 2. The van der Waals surface area contributed by atoms with Crippen molar-refractivity contribution in [3.05, 3.63) is 57.6 Å². The van der Waals surface area contributed by atoms with E-state index in [0.717, 1.165) is 21.7 Å². The molecule has 2 aromatic rings. The van der Waals surface area contributed by atoms with Gasteiger partial charge in [-0.2, -0.15) is 0 Å². The summed E-state index contributed by atoms with van der Waals surface area (Å²) in [5.74, 6) is -0.439. The van der Waals surface area contributed by atoms with Gasteiger partial charge in [0, 0.05) is 10.7 Å². The van der Waals surface area contributed by atoms with E-state index in [1.54, 1.807) is 19.1 Å². The number of sulfonamides is 1. The van der Waals surface area contributed by atoms with Crippen molar-refractivity contribution >= 4 is 50.5 Å². The summed E-state index contributed by atoms with van der Waals surface area (Å²) in [5.41, 5.74) is 2.77. The van der Waals surface area contributed by atoms with Crippen molar-refractivity contribution in [2.75, 3.05) is 15.9 Å². The van der Waals surface area contributed by atoms with Crippen LogP contribution < -0.4 is 9.62 Å². The van der Waals surface area contributed by atoms with Crippen LogP contribution in [0, 0.1) is 13.8 Å². The second-order valence-electron chi connectivity index (χ2n) is 6.39. The number of rotatable bonds is 6. The molecule has 0 unspecified atom stereocenters. The predicted molar refractivity (Wildman–Crippen MR) is 112 cm³/mol. The van der Waals surface area contributed by atoms with E-state index in [2.05, 4.69) is 5.32 Å². The largest absolute Gasteiger partial charge is 0.324 e. The minimum atomic E-state index is -3.79. The van der Waals surface area contributed by atoms with Crippen LogP contribution in [0.3, 0.4) is 0 Å². The van der Waals surface area contributed by atoms with E-state index >= 15 is 0 Å². The van der Waals surface area contributed by atoms with Crippen molar-refractivity contribution in [1.82, 2.24) is 0 Å². The summed E-state index contributed by atoms with van der Waals surface area (Å²) >= 11 is 12.2. The first-order valence-electron chi connectivity index (χ1n) is 8.37. The summed E-state index contributed by atoms with van der Waals surface area (Å²) < 4.78 is 26.0. The van der Waals surface area contributed by atoms with E-state index in [1.165, 1.54) is 12.1 Å². The van der Waals surface area contributed by atoms with Crippen molar-refractivity contribution in [3.63, 3.8) is 0 Å². The second kappa shape index (κ2) is 8.50. The number of aryl methyl sites for hydroxylation is 2. The van der Waals surface area contributed by atoms with Crippen LogP contribution in [0.4, 0.5) is 11.4 Å². The van der Waals surface area contributed by atoms with E-state index < -0.39 is 22.0 Å². The summed E-state index contributed by atoms with van der Waals surface area (Å²) in [6, 6.07) is 9.16. The number of hydrogen-bond acceptors (Lipinski definition) is 3. The van der Waals surface area contributed by atoms with Gasteiger partial charge in [-0.15, -0.1) is 0 Å². The highest BCUT2D eigenvalue weighted by Gasteiger charge is 2.33. The van der Waals surface area contributed by atoms with Gasteiger partial charge in [0.2, 0.25) is 15.9 Å². The van der Waals surface area contributed by atoms with Gasteiger partial charge in [0.25, 0.3) is 0 Å². The molecule has 0 saturated carbocycles. The summed E-state index contributed by atoms with van der Waals surface area (Å²) in [5, 5.41) is 3.35. The van der Waals surface area contributed by atoms with Gasteiger partial charge in [-0.3, -0.25) is 9.10 Å². The van der Waals surface area contributed by atoms with Crippen LogP contribution in [0.25, 0.3) is 0 Å². The molecule has 2 aromatic carbocycles. The van der Waals surface area contributed by atoms with Gasteiger partial charge in [0.05, 0.1) is 17.0 Å². The Balaban J connectivity index is 2.46. The Hall–Kier alpha value is -1.76. The molecule has 27 heavy (non-hydrogen) atoms. The minimum absolute atomic E-state index is 0.175. The lowest BCUT2D eigenvalue weighted by Gasteiger charge is -2.31. The van der Waals surface area contributed by atoms with E-state index in [4.69, 9.17) is 23.2 Å². The molecular weight excluding hydrogens is 407 g/mol. The number of anilines is 2. The Morgan fingerprint density at radius 1 is 1.15 bits per heavy atom. The highest BCUT2D eigenvalue weighted by Crippen LogP contribution is 2.33. The van der Waals surface area contributed by atoms with Crippen LogP contribution >= 0.6 is 23.2 Å². The Morgan fingerprint density at radius 3 is 2.37 bits per heavy atom. The number of carbonyl (C=O) groups excluding carboxylic acids is 1. The van der Waals surface area contributed by atoms with Crippen molar-refractivity contribution in [1.29, 1.82) is 0 Å². The Labute approximate surface area is 170 Å². The fourth-order valence-corrected chi connectivity index (χ4v) is 4.50. The fraction of sp³-hybridized carbons (Fsp3) is 0.316. The van der Waals surface area contributed by atoms with Gasteiger partial charge < -0.3 is 5.32 Å². The normalized spacial score (nSPS) is 12.5. The highest BCUT2D eigenvalue weighted by atomic mass is 35.5. The summed E-state index contributed by atoms with van der Waals surface area (Å²) in [6.45, 7) is 5.58. The lowest BCUT2D eigenvalue weighted by molar-refractivity contribution is -0.117. The van der Waals surface area contributed by atoms with Crippen LogP contribution in [0.15, 0.2) is 36.4 Å².